The van der Waals surface area contributed by atoms with Gasteiger partial charge in [-0.3, -0.25) is 0 Å². The molecule has 1 N–H and O–H groups in total. The lowest BCUT2D eigenvalue weighted by Crippen LogP contribution is -2.34. The third-order valence-corrected chi connectivity index (χ3v) is 3.71. The van der Waals surface area contributed by atoms with Crippen LogP contribution in [0.4, 0.5) is 0 Å². The molecule has 0 heterocycles. The minimum Gasteiger partial charge on any atom is -0.314 e. The van der Waals surface area contributed by atoms with Crippen LogP contribution in [0.25, 0.3) is 0 Å². The van der Waals surface area contributed by atoms with Gasteiger partial charge in [-0.15, -0.1) is 0 Å². The zero-order chi connectivity index (χ0) is 14.4. The van der Waals surface area contributed by atoms with Crippen molar-refractivity contribution in [2.45, 2.75) is 46.6 Å². The molecule has 108 valence electrons. The molecule has 0 saturated heterocycles. The number of aryl methyl sites for hydroxylation is 3. The maximum Gasteiger partial charge on any atom is 0.0120 e. The van der Waals surface area contributed by atoms with Crippen LogP contribution in [0.1, 0.15) is 35.6 Å². The summed E-state index contributed by atoms with van der Waals surface area (Å²) in [7, 11) is 4.29. The summed E-state index contributed by atoms with van der Waals surface area (Å²) in [6.07, 6.45) is 2.34. The molecule has 0 aliphatic heterocycles. The average Bonchev–Trinajstić information content (AvgIpc) is 2.30. The predicted octanol–water partition coefficient (Wildman–Crippen LogP) is 3.08. The maximum absolute atomic E-state index is 3.63. The molecule has 0 radical (unpaired) electrons. The lowest BCUT2D eigenvalue weighted by Gasteiger charge is -2.22. The van der Waals surface area contributed by atoms with Gasteiger partial charge in [0, 0.05) is 6.04 Å². The van der Waals surface area contributed by atoms with Gasteiger partial charge in [-0.25, -0.2) is 0 Å². The zero-order valence-corrected chi connectivity index (χ0v) is 13.5. The molecule has 0 aliphatic rings. The van der Waals surface area contributed by atoms with Gasteiger partial charge >= 0.3 is 0 Å². The van der Waals surface area contributed by atoms with Gasteiger partial charge in [0.1, 0.15) is 0 Å². The van der Waals surface area contributed by atoms with E-state index >= 15 is 0 Å². The van der Waals surface area contributed by atoms with E-state index in [1.54, 1.807) is 0 Å². The molecule has 1 unspecified atom stereocenters. The van der Waals surface area contributed by atoms with E-state index in [1.165, 1.54) is 28.7 Å². The molecule has 0 fully saturated rings. The second-order valence-corrected chi connectivity index (χ2v) is 5.93. The van der Waals surface area contributed by atoms with Crippen molar-refractivity contribution >= 4 is 0 Å². The highest BCUT2D eigenvalue weighted by Crippen LogP contribution is 2.19. The van der Waals surface area contributed by atoms with Crippen LogP contribution < -0.4 is 5.32 Å². The van der Waals surface area contributed by atoms with E-state index in [9.17, 15) is 0 Å². The standard InChI is InChI=1S/C17H30N2/c1-7-18-16(8-9-19(5)6)12-17-14(3)10-13(2)11-15(17)4/h10-11,16,18H,7-9,12H2,1-6H3. The SMILES string of the molecule is CCNC(CCN(C)C)Cc1c(C)cc(C)cc1C. The minimum atomic E-state index is 0.576. The Morgan fingerprint density at radius 3 is 2.16 bits per heavy atom. The highest BCUT2D eigenvalue weighted by atomic mass is 15.1. The summed E-state index contributed by atoms with van der Waals surface area (Å²) in [5, 5.41) is 3.63. The van der Waals surface area contributed by atoms with E-state index < -0.39 is 0 Å². The van der Waals surface area contributed by atoms with Gasteiger partial charge in [-0.2, -0.15) is 0 Å². The van der Waals surface area contributed by atoms with Crippen LogP contribution in [0.3, 0.4) is 0 Å². The van der Waals surface area contributed by atoms with Crippen molar-refractivity contribution in [3.05, 3.63) is 34.4 Å². The molecule has 1 aromatic rings. The fourth-order valence-electron chi connectivity index (χ4n) is 2.76. The van der Waals surface area contributed by atoms with E-state index in [4.69, 9.17) is 0 Å². The summed E-state index contributed by atoms with van der Waals surface area (Å²) in [4.78, 5) is 2.26. The van der Waals surface area contributed by atoms with Crippen LogP contribution in [0.2, 0.25) is 0 Å². The van der Waals surface area contributed by atoms with E-state index in [2.05, 4.69) is 64.1 Å². The van der Waals surface area contributed by atoms with E-state index in [0.29, 0.717) is 6.04 Å². The van der Waals surface area contributed by atoms with Crippen LogP contribution in [0.5, 0.6) is 0 Å². The number of likely N-dealkylation sites (N-methyl/N-ethyl adjacent to an activating group) is 1. The summed E-state index contributed by atoms with van der Waals surface area (Å²) in [6, 6.07) is 5.18. The first-order valence-corrected chi connectivity index (χ1v) is 7.38. The molecule has 0 aromatic heterocycles. The summed E-state index contributed by atoms with van der Waals surface area (Å²) >= 11 is 0. The Kier molecular flexibility index (Phi) is 6.53. The van der Waals surface area contributed by atoms with E-state index in [0.717, 1.165) is 19.5 Å². The molecule has 2 heteroatoms. The Morgan fingerprint density at radius 1 is 1.11 bits per heavy atom. The van der Waals surface area contributed by atoms with Crippen molar-refractivity contribution in [3.63, 3.8) is 0 Å². The first-order valence-electron chi connectivity index (χ1n) is 7.38. The fourth-order valence-corrected chi connectivity index (χ4v) is 2.76. The van der Waals surface area contributed by atoms with Crippen LogP contribution in [-0.4, -0.2) is 38.1 Å². The van der Waals surface area contributed by atoms with E-state index in [1.807, 2.05) is 0 Å². The summed E-state index contributed by atoms with van der Waals surface area (Å²) in [5.41, 5.74) is 5.76. The van der Waals surface area contributed by atoms with Gasteiger partial charge in [-0.1, -0.05) is 24.6 Å². The number of nitrogens with one attached hydrogen (secondary N) is 1. The summed E-state index contributed by atoms with van der Waals surface area (Å²) in [6.45, 7) is 11.0. The first-order chi connectivity index (χ1) is 8.93. The van der Waals surface area contributed by atoms with Crippen molar-refractivity contribution in [2.24, 2.45) is 0 Å². The Bertz CT molecular complexity index is 373. The number of benzene rings is 1. The Labute approximate surface area is 119 Å². The lowest BCUT2D eigenvalue weighted by atomic mass is 9.93. The molecule has 1 aromatic carbocycles. The molecule has 19 heavy (non-hydrogen) atoms. The molecule has 0 saturated carbocycles. The van der Waals surface area contributed by atoms with E-state index in [-0.39, 0.29) is 0 Å². The molecule has 0 bridgehead atoms. The number of rotatable bonds is 7. The highest BCUT2D eigenvalue weighted by Gasteiger charge is 2.12. The highest BCUT2D eigenvalue weighted by molar-refractivity contribution is 5.38. The minimum absolute atomic E-state index is 0.576. The van der Waals surface area contributed by atoms with Crippen LogP contribution >= 0.6 is 0 Å². The Morgan fingerprint density at radius 2 is 1.68 bits per heavy atom. The van der Waals surface area contributed by atoms with Gasteiger partial charge < -0.3 is 10.2 Å². The molecular weight excluding hydrogens is 232 g/mol. The molecule has 2 nitrogen and oxygen atoms in total. The fraction of sp³-hybridized carbons (Fsp3) is 0.647. The predicted molar refractivity (Wildman–Crippen MR) is 85.0 cm³/mol. The second-order valence-electron chi connectivity index (χ2n) is 5.93. The van der Waals surface area contributed by atoms with Crippen LogP contribution in [0, 0.1) is 20.8 Å². The summed E-state index contributed by atoms with van der Waals surface area (Å²) in [5.74, 6) is 0. The van der Waals surface area contributed by atoms with Crippen molar-refractivity contribution in [1.82, 2.24) is 10.2 Å². The van der Waals surface area contributed by atoms with Crippen LogP contribution in [-0.2, 0) is 6.42 Å². The third-order valence-electron chi connectivity index (χ3n) is 3.71. The molecule has 0 aliphatic carbocycles. The van der Waals surface area contributed by atoms with Gasteiger partial charge in [-0.05, 0) is 77.5 Å². The second kappa shape index (κ2) is 7.66. The smallest absolute Gasteiger partial charge is 0.0120 e. The first kappa shape index (κ1) is 16.2. The molecule has 1 rings (SSSR count). The van der Waals surface area contributed by atoms with Crippen molar-refractivity contribution < 1.29 is 0 Å². The number of hydrogen-bond acceptors (Lipinski definition) is 2. The molecule has 0 amide bonds. The quantitative estimate of drug-likeness (QED) is 0.812. The van der Waals surface area contributed by atoms with Crippen LogP contribution in [0.15, 0.2) is 12.1 Å². The number of hydrogen-bond donors (Lipinski definition) is 1. The maximum atomic E-state index is 3.63. The van der Waals surface area contributed by atoms with Crippen molar-refractivity contribution in [1.29, 1.82) is 0 Å². The lowest BCUT2D eigenvalue weighted by molar-refractivity contribution is 0.358. The molecule has 0 spiro atoms. The Hall–Kier alpha value is -0.860. The largest absolute Gasteiger partial charge is 0.314 e. The van der Waals surface area contributed by atoms with Gasteiger partial charge in [0.15, 0.2) is 0 Å². The van der Waals surface area contributed by atoms with Gasteiger partial charge in [0.2, 0.25) is 0 Å². The monoisotopic (exact) mass is 262 g/mol. The summed E-state index contributed by atoms with van der Waals surface area (Å²) < 4.78 is 0. The number of nitrogens with zero attached hydrogens (tertiary/aromatic N) is 1. The topological polar surface area (TPSA) is 15.3 Å². The average molecular weight is 262 g/mol. The molecular formula is C17H30N2. The Balaban J connectivity index is 2.78. The third kappa shape index (κ3) is 5.33. The zero-order valence-electron chi connectivity index (χ0n) is 13.5. The van der Waals surface area contributed by atoms with Gasteiger partial charge in [0.25, 0.3) is 0 Å². The van der Waals surface area contributed by atoms with Gasteiger partial charge in [0.05, 0.1) is 0 Å². The van der Waals surface area contributed by atoms with Crippen molar-refractivity contribution in [2.75, 3.05) is 27.2 Å². The normalized spacial score (nSPS) is 13.0. The molecule has 1 atom stereocenters. The van der Waals surface area contributed by atoms with Crippen molar-refractivity contribution in [3.8, 4) is 0 Å².